The van der Waals surface area contributed by atoms with E-state index in [1.807, 2.05) is 29.2 Å². The minimum absolute atomic E-state index is 0.667. The first kappa shape index (κ1) is 48.2. The Kier molecular flexibility index (Phi) is 10.7. The van der Waals surface area contributed by atoms with E-state index in [1.54, 1.807) is 0 Å². The highest BCUT2D eigenvalue weighted by Crippen LogP contribution is 2.64. The summed E-state index contributed by atoms with van der Waals surface area (Å²) in [5.74, 6) is 0. The lowest BCUT2D eigenvalue weighted by Crippen LogP contribution is -2.32. The van der Waals surface area contributed by atoms with Crippen LogP contribution in [0.3, 0.4) is 0 Å². The molecule has 18 rings (SSSR count). The van der Waals surface area contributed by atoms with Gasteiger partial charge >= 0.3 is 0 Å². The van der Waals surface area contributed by atoms with Crippen molar-refractivity contribution in [3.63, 3.8) is 0 Å². The van der Waals surface area contributed by atoms with Crippen LogP contribution in [0.15, 0.2) is 310 Å². The number of hydrogen-bond acceptors (Lipinski definition) is 6. The second-order valence-corrected chi connectivity index (χ2v) is 24.4. The lowest BCUT2D eigenvalue weighted by atomic mass is 9.67. The smallest absolute Gasteiger partial charge is 0.143 e. The molecule has 0 N–H and O–H groups in total. The van der Waals surface area contributed by atoms with Crippen molar-refractivity contribution in [2.75, 3.05) is 9.80 Å². The SMILES string of the molecule is c1ccc(-c2cc(N(c3ccccc3)c3ccc4c(c3)C3(c5ccccc5Sc5cc(N(c6ccccc6)c6cc(-c7cccc8c7oc7ccccc78)cc7oc8ccccc8c67)ccc53)c3ccccc3-4)cc3c2sc2ccccc23)cc1. The monoisotopic (exact) mass is 1120 g/mol. The van der Waals surface area contributed by atoms with Gasteiger partial charge in [-0.1, -0.05) is 206 Å². The number of nitrogens with zero attached hydrogens (tertiary/aromatic N) is 2. The average molecular weight is 1120 g/mol. The fraction of sp³-hybridized carbons (Fsp3) is 0.0127. The molecule has 4 heterocycles. The Bertz CT molecular complexity index is 5370. The lowest BCUT2D eigenvalue weighted by molar-refractivity contribution is 0.668. The fourth-order valence-corrected chi connectivity index (χ4v) is 16.5. The second kappa shape index (κ2) is 18.8. The number of furan rings is 2. The third-order valence-corrected chi connectivity index (χ3v) is 20.0. The van der Waals surface area contributed by atoms with Crippen molar-refractivity contribution in [2.24, 2.45) is 0 Å². The molecule has 6 heteroatoms. The molecule has 3 aromatic heterocycles. The number of para-hydroxylation sites is 5. The summed E-state index contributed by atoms with van der Waals surface area (Å²) < 4.78 is 16.2. The summed E-state index contributed by atoms with van der Waals surface area (Å²) in [4.78, 5) is 7.34. The van der Waals surface area contributed by atoms with E-state index in [2.05, 4.69) is 295 Å². The zero-order valence-corrected chi connectivity index (χ0v) is 47.4. The van der Waals surface area contributed by atoms with Crippen LogP contribution in [-0.4, -0.2) is 0 Å². The molecular weight excluding hydrogens is 1070 g/mol. The Hall–Kier alpha value is -10.4. The standard InChI is InChI=1S/C79H48N2O2S2/c1-4-21-49(22-5-1)63-45-55(46-64-60-29-13-18-37-73(60)85-78(63)64)80(51-23-6-2-7-24-51)53-39-41-58-57-27-10-14-33-65(57)79(68(58)47-53)66-34-15-19-38-74(66)84-75-48-54(40-42-67(75)79)81(52-25-8-3-9-26-52)69-43-50(44-72-76(69)62-30-12-17-36-71(62)82-72)56-31-20-32-61-59-28-11-16-35-70(59)83-77(56)61/h1-48H. The predicted octanol–water partition coefficient (Wildman–Crippen LogP) is 23.0. The van der Waals surface area contributed by atoms with E-state index >= 15 is 0 Å². The largest absolute Gasteiger partial charge is 0.456 e. The van der Waals surface area contributed by atoms with E-state index in [0.29, 0.717) is 0 Å². The summed E-state index contributed by atoms with van der Waals surface area (Å²) in [6, 6.07) is 107. The van der Waals surface area contributed by atoms with Crippen LogP contribution in [0, 0.1) is 0 Å². The van der Waals surface area contributed by atoms with Crippen molar-refractivity contribution >= 4 is 121 Å². The number of thiophene rings is 1. The van der Waals surface area contributed by atoms with Crippen LogP contribution in [0.5, 0.6) is 0 Å². The van der Waals surface area contributed by atoms with E-state index in [9.17, 15) is 0 Å². The van der Waals surface area contributed by atoms with Gasteiger partial charge in [-0.15, -0.1) is 11.3 Å². The molecule has 4 nitrogen and oxygen atoms in total. The van der Waals surface area contributed by atoms with Crippen LogP contribution < -0.4 is 9.80 Å². The van der Waals surface area contributed by atoms with Crippen molar-refractivity contribution in [1.82, 2.24) is 0 Å². The van der Waals surface area contributed by atoms with E-state index in [-0.39, 0.29) is 0 Å². The van der Waals surface area contributed by atoms with E-state index in [1.165, 1.54) is 74.5 Å². The summed E-state index contributed by atoms with van der Waals surface area (Å²) in [5, 5.41) is 6.81. The van der Waals surface area contributed by atoms with Crippen molar-refractivity contribution in [3.05, 3.63) is 313 Å². The maximum Gasteiger partial charge on any atom is 0.143 e. The molecule has 0 saturated heterocycles. The minimum Gasteiger partial charge on any atom is -0.456 e. The highest BCUT2D eigenvalue weighted by Gasteiger charge is 2.50. The molecule has 0 radical (unpaired) electrons. The first-order chi connectivity index (χ1) is 42.1. The predicted molar refractivity (Wildman–Crippen MR) is 356 cm³/mol. The van der Waals surface area contributed by atoms with Crippen LogP contribution in [0.1, 0.15) is 22.3 Å². The number of hydrogen-bond donors (Lipinski definition) is 0. The maximum atomic E-state index is 6.88. The normalized spacial score (nSPS) is 14.1. The molecule has 1 atom stereocenters. The molecule has 0 bridgehead atoms. The van der Waals surface area contributed by atoms with Gasteiger partial charge in [0.1, 0.15) is 22.3 Å². The molecule has 13 aromatic carbocycles. The molecule has 1 aliphatic carbocycles. The van der Waals surface area contributed by atoms with Gasteiger partial charge in [0, 0.05) is 85.7 Å². The Balaban J connectivity index is 0.866. The third kappa shape index (κ3) is 7.23. The van der Waals surface area contributed by atoms with Crippen LogP contribution in [-0.2, 0) is 5.41 Å². The summed E-state index contributed by atoms with van der Waals surface area (Å²) in [6.45, 7) is 0. The van der Waals surface area contributed by atoms with E-state index in [4.69, 9.17) is 8.83 Å². The molecule has 0 amide bonds. The summed E-state index contributed by atoms with van der Waals surface area (Å²) in [6.07, 6.45) is 0. The summed E-state index contributed by atoms with van der Waals surface area (Å²) >= 11 is 3.74. The Morgan fingerprint density at radius 2 is 0.918 bits per heavy atom. The summed E-state index contributed by atoms with van der Waals surface area (Å²) in [7, 11) is 0. The van der Waals surface area contributed by atoms with Crippen LogP contribution in [0.2, 0.25) is 0 Å². The van der Waals surface area contributed by atoms with Crippen LogP contribution >= 0.6 is 23.1 Å². The van der Waals surface area contributed by atoms with Gasteiger partial charge in [0.05, 0.1) is 16.5 Å². The van der Waals surface area contributed by atoms with Crippen molar-refractivity contribution in [2.45, 2.75) is 15.2 Å². The molecule has 0 saturated carbocycles. The maximum absolute atomic E-state index is 6.88. The molecule has 16 aromatic rings. The average Bonchev–Trinajstić information content (AvgIpc) is 1.69. The first-order valence-corrected chi connectivity index (χ1v) is 30.5. The molecule has 1 unspecified atom stereocenters. The van der Waals surface area contributed by atoms with Gasteiger partial charge in [-0.3, -0.25) is 0 Å². The van der Waals surface area contributed by atoms with Gasteiger partial charge < -0.3 is 18.6 Å². The van der Waals surface area contributed by atoms with Gasteiger partial charge in [-0.25, -0.2) is 0 Å². The highest BCUT2D eigenvalue weighted by molar-refractivity contribution is 7.99. The van der Waals surface area contributed by atoms with Crippen molar-refractivity contribution in [3.8, 4) is 33.4 Å². The zero-order chi connectivity index (χ0) is 55.7. The number of anilines is 6. The minimum atomic E-state index is -0.667. The van der Waals surface area contributed by atoms with Gasteiger partial charge in [0.2, 0.25) is 0 Å². The van der Waals surface area contributed by atoms with Crippen molar-refractivity contribution < 1.29 is 8.83 Å². The van der Waals surface area contributed by atoms with E-state index in [0.717, 1.165) is 89.1 Å². The molecule has 85 heavy (non-hydrogen) atoms. The topological polar surface area (TPSA) is 32.8 Å². The lowest BCUT2D eigenvalue weighted by Gasteiger charge is -2.40. The molecule has 1 aliphatic heterocycles. The summed E-state index contributed by atoms with van der Waals surface area (Å²) in [5.41, 5.74) is 21.1. The quantitative estimate of drug-likeness (QED) is 0.151. The van der Waals surface area contributed by atoms with Crippen LogP contribution in [0.4, 0.5) is 34.1 Å². The van der Waals surface area contributed by atoms with Gasteiger partial charge in [0.15, 0.2) is 0 Å². The van der Waals surface area contributed by atoms with Gasteiger partial charge in [0.25, 0.3) is 0 Å². The van der Waals surface area contributed by atoms with Crippen LogP contribution in [0.25, 0.3) is 97.4 Å². The Labute approximate surface area is 498 Å². The number of rotatable bonds is 8. The third-order valence-electron chi connectivity index (χ3n) is 17.7. The second-order valence-electron chi connectivity index (χ2n) is 22.2. The molecular formula is C79H48N2O2S2. The molecule has 2 aliphatic rings. The zero-order valence-electron chi connectivity index (χ0n) is 45.7. The molecule has 1 spiro atoms. The highest BCUT2D eigenvalue weighted by atomic mass is 32.2. The Morgan fingerprint density at radius 3 is 1.74 bits per heavy atom. The van der Waals surface area contributed by atoms with E-state index < -0.39 is 5.41 Å². The van der Waals surface area contributed by atoms with Crippen molar-refractivity contribution in [1.29, 1.82) is 0 Å². The first-order valence-electron chi connectivity index (χ1n) is 28.9. The van der Waals surface area contributed by atoms with Gasteiger partial charge in [-0.05, 0) is 142 Å². The van der Waals surface area contributed by atoms with Gasteiger partial charge in [-0.2, -0.15) is 0 Å². The Morgan fingerprint density at radius 1 is 0.306 bits per heavy atom. The fourth-order valence-electron chi connectivity index (χ4n) is 14.1. The number of benzene rings is 13. The number of fused-ring (bicyclic) bond motifs is 18. The molecule has 398 valence electrons. The molecule has 0 fully saturated rings.